The van der Waals surface area contributed by atoms with Crippen LogP contribution in [0, 0.1) is 30.9 Å². The Morgan fingerprint density at radius 2 is 1.67 bits per heavy atom. The summed E-state index contributed by atoms with van der Waals surface area (Å²) in [5.74, 6) is 0.594. The van der Waals surface area contributed by atoms with Crippen LogP contribution in [0.25, 0.3) is 0 Å². The predicted octanol–water partition coefficient (Wildman–Crippen LogP) is 3.33. The van der Waals surface area contributed by atoms with Gasteiger partial charge in [-0.15, -0.1) is 0 Å². The number of hydrogen-bond acceptors (Lipinski definition) is 5. The molecular weight excluding hydrogens is 332 g/mol. The van der Waals surface area contributed by atoms with Gasteiger partial charge in [-0.1, -0.05) is 0 Å². The molecule has 0 amide bonds. The van der Waals surface area contributed by atoms with Crippen LogP contribution >= 0.6 is 0 Å². The van der Waals surface area contributed by atoms with Gasteiger partial charge in [0.2, 0.25) is 0 Å². The van der Waals surface area contributed by atoms with Crippen molar-refractivity contribution in [3.8, 4) is 5.75 Å². The molecule has 0 bridgehead atoms. The zero-order valence-corrected chi connectivity index (χ0v) is 14.6. The summed E-state index contributed by atoms with van der Waals surface area (Å²) >= 11 is 0. The number of nitro benzene ring substituents is 1. The Balaban J connectivity index is 2.52. The fraction of sp³-hybridized carbons (Fsp3) is 0.250. The number of benzene rings is 2. The minimum atomic E-state index is -3.96. The summed E-state index contributed by atoms with van der Waals surface area (Å²) in [6, 6.07) is 7.87. The maximum Gasteiger partial charge on any atom is 0.276 e. The number of nitro groups is 1. The van der Waals surface area contributed by atoms with Crippen molar-refractivity contribution in [3.63, 3.8) is 0 Å². The van der Waals surface area contributed by atoms with E-state index >= 15 is 0 Å². The summed E-state index contributed by atoms with van der Waals surface area (Å²) in [5, 5.41) is 11.2. The Hall–Kier alpha value is -2.61. The third-order valence-corrected chi connectivity index (χ3v) is 5.32. The second-order valence-electron chi connectivity index (χ2n) is 5.40. The van der Waals surface area contributed by atoms with E-state index in [0.717, 1.165) is 0 Å². The van der Waals surface area contributed by atoms with Gasteiger partial charge in [0.25, 0.3) is 15.7 Å². The summed E-state index contributed by atoms with van der Waals surface area (Å²) in [7, 11) is -2.45. The third kappa shape index (κ3) is 3.33. The largest absolute Gasteiger partial charge is 0.497 e. The van der Waals surface area contributed by atoms with Crippen LogP contribution in [0.5, 0.6) is 5.75 Å². The van der Waals surface area contributed by atoms with Gasteiger partial charge >= 0.3 is 0 Å². The fourth-order valence-electron chi connectivity index (χ4n) is 2.72. The molecular formula is C16H18N2O5S. The SMILES string of the molecule is COc1ccc(NS(=O)(=O)c2c(C)cc(C)c([N+](=O)[O-])c2C)cc1. The highest BCUT2D eigenvalue weighted by molar-refractivity contribution is 7.92. The van der Waals surface area contributed by atoms with Crippen LogP contribution in [0.2, 0.25) is 0 Å². The van der Waals surface area contributed by atoms with Crippen molar-refractivity contribution in [2.75, 3.05) is 11.8 Å². The Morgan fingerprint density at radius 3 is 2.17 bits per heavy atom. The van der Waals surface area contributed by atoms with Gasteiger partial charge in [0, 0.05) is 16.8 Å². The number of nitrogens with one attached hydrogen (secondary N) is 1. The molecule has 7 nitrogen and oxygen atoms in total. The standard InChI is InChI=1S/C16H18N2O5S/c1-10-9-11(2)16(12(3)15(10)18(19)20)24(21,22)17-13-5-7-14(23-4)8-6-13/h5-9,17H,1-4H3. The lowest BCUT2D eigenvalue weighted by Gasteiger charge is -2.14. The van der Waals surface area contributed by atoms with Crippen molar-refractivity contribution in [2.45, 2.75) is 25.7 Å². The molecule has 1 N–H and O–H groups in total. The van der Waals surface area contributed by atoms with Gasteiger partial charge < -0.3 is 4.74 Å². The molecule has 2 aromatic rings. The molecule has 0 saturated carbocycles. The lowest BCUT2D eigenvalue weighted by atomic mass is 10.1. The summed E-state index contributed by atoms with van der Waals surface area (Å²) in [6.45, 7) is 4.65. The van der Waals surface area contributed by atoms with Crippen LogP contribution in [-0.4, -0.2) is 20.5 Å². The van der Waals surface area contributed by atoms with Crippen molar-refractivity contribution in [2.24, 2.45) is 0 Å². The zero-order valence-electron chi connectivity index (χ0n) is 13.8. The molecule has 0 aliphatic rings. The average molecular weight is 350 g/mol. The molecule has 2 rings (SSSR count). The molecule has 24 heavy (non-hydrogen) atoms. The Kier molecular flexibility index (Phi) is 4.79. The minimum Gasteiger partial charge on any atom is -0.497 e. The van der Waals surface area contributed by atoms with Crippen molar-refractivity contribution < 1.29 is 18.1 Å². The molecule has 0 aromatic heterocycles. The van der Waals surface area contributed by atoms with Crippen LogP contribution < -0.4 is 9.46 Å². The first-order chi connectivity index (χ1) is 11.2. The van der Waals surface area contributed by atoms with Crippen LogP contribution in [0.3, 0.4) is 0 Å². The lowest BCUT2D eigenvalue weighted by molar-refractivity contribution is -0.386. The van der Waals surface area contributed by atoms with E-state index in [1.54, 1.807) is 38.1 Å². The first-order valence-electron chi connectivity index (χ1n) is 7.09. The average Bonchev–Trinajstić information content (AvgIpc) is 2.46. The van der Waals surface area contributed by atoms with E-state index in [9.17, 15) is 18.5 Å². The molecule has 0 fully saturated rings. The van der Waals surface area contributed by atoms with Gasteiger partial charge in [0.1, 0.15) is 5.75 Å². The Bertz CT molecular complexity index is 890. The molecule has 0 radical (unpaired) electrons. The maximum absolute atomic E-state index is 12.7. The van der Waals surface area contributed by atoms with Gasteiger partial charge in [0.15, 0.2) is 0 Å². The molecule has 128 valence electrons. The number of hydrogen-bond donors (Lipinski definition) is 1. The summed E-state index contributed by atoms with van der Waals surface area (Å²) < 4.78 is 32.9. The van der Waals surface area contributed by atoms with E-state index in [-0.39, 0.29) is 16.1 Å². The van der Waals surface area contributed by atoms with E-state index in [1.807, 2.05) is 0 Å². The van der Waals surface area contributed by atoms with Crippen LogP contribution in [0.15, 0.2) is 35.2 Å². The third-order valence-electron chi connectivity index (χ3n) is 3.65. The Morgan fingerprint density at radius 1 is 1.08 bits per heavy atom. The zero-order chi connectivity index (χ0) is 18.1. The highest BCUT2D eigenvalue weighted by Gasteiger charge is 2.27. The molecule has 2 aromatic carbocycles. The molecule has 0 aliphatic carbocycles. The Labute approximate surface area is 140 Å². The van der Waals surface area contributed by atoms with Gasteiger partial charge in [-0.05, 0) is 56.7 Å². The molecule has 8 heteroatoms. The van der Waals surface area contributed by atoms with Gasteiger partial charge in [-0.3, -0.25) is 14.8 Å². The van der Waals surface area contributed by atoms with E-state index in [2.05, 4.69) is 4.72 Å². The first-order valence-corrected chi connectivity index (χ1v) is 8.57. The van der Waals surface area contributed by atoms with Crippen molar-refractivity contribution >= 4 is 21.4 Å². The quantitative estimate of drug-likeness (QED) is 0.659. The van der Waals surface area contributed by atoms with Crippen LogP contribution in [0.4, 0.5) is 11.4 Å². The van der Waals surface area contributed by atoms with E-state index in [4.69, 9.17) is 4.74 Å². The number of methoxy groups -OCH3 is 1. The second-order valence-corrected chi connectivity index (χ2v) is 7.02. The van der Waals surface area contributed by atoms with E-state index < -0.39 is 14.9 Å². The monoisotopic (exact) mass is 350 g/mol. The number of aryl methyl sites for hydroxylation is 2. The van der Waals surface area contributed by atoms with Crippen LogP contribution in [-0.2, 0) is 10.0 Å². The second kappa shape index (κ2) is 6.48. The molecule has 0 spiro atoms. The molecule has 0 saturated heterocycles. The van der Waals surface area contributed by atoms with Gasteiger partial charge in [-0.2, -0.15) is 0 Å². The highest BCUT2D eigenvalue weighted by atomic mass is 32.2. The molecule has 0 unspecified atom stereocenters. The molecule has 0 aliphatic heterocycles. The van der Waals surface area contributed by atoms with Gasteiger partial charge in [-0.25, -0.2) is 8.42 Å². The maximum atomic E-state index is 12.7. The van der Waals surface area contributed by atoms with Crippen molar-refractivity contribution in [3.05, 3.63) is 57.1 Å². The number of rotatable bonds is 5. The predicted molar refractivity (Wildman–Crippen MR) is 91.1 cm³/mol. The lowest BCUT2D eigenvalue weighted by Crippen LogP contribution is -2.17. The first kappa shape index (κ1) is 17.7. The summed E-state index contributed by atoms with van der Waals surface area (Å²) in [5.41, 5.74) is 1.17. The summed E-state index contributed by atoms with van der Waals surface area (Å²) in [6.07, 6.45) is 0. The fourth-order valence-corrected chi connectivity index (χ4v) is 4.25. The number of anilines is 1. The normalized spacial score (nSPS) is 11.2. The highest BCUT2D eigenvalue weighted by Crippen LogP contribution is 2.32. The minimum absolute atomic E-state index is 0.0735. The summed E-state index contributed by atoms with van der Waals surface area (Å²) in [4.78, 5) is 10.6. The van der Waals surface area contributed by atoms with E-state index in [1.165, 1.54) is 20.1 Å². The topological polar surface area (TPSA) is 98.5 Å². The van der Waals surface area contributed by atoms with E-state index in [0.29, 0.717) is 22.6 Å². The number of ether oxygens (including phenoxy) is 1. The van der Waals surface area contributed by atoms with Crippen molar-refractivity contribution in [1.82, 2.24) is 0 Å². The molecule has 0 atom stereocenters. The van der Waals surface area contributed by atoms with Crippen molar-refractivity contribution in [1.29, 1.82) is 0 Å². The van der Waals surface area contributed by atoms with Crippen LogP contribution in [0.1, 0.15) is 16.7 Å². The smallest absolute Gasteiger partial charge is 0.276 e. The number of sulfonamides is 1. The number of nitrogens with zero attached hydrogens (tertiary/aromatic N) is 1. The van der Waals surface area contributed by atoms with Gasteiger partial charge in [0.05, 0.1) is 16.9 Å². The molecule has 0 heterocycles.